The first-order valence-electron chi connectivity index (χ1n) is 6.39. The molecule has 4 N–H and O–H groups in total. The smallest absolute Gasteiger partial charge is 0.317 e. The first-order valence-corrected chi connectivity index (χ1v) is 6.39. The highest BCUT2D eigenvalue weighted by atomic mass is 16.3. The molecule has 3 aliphatic heterocycles. The van der Waals surface area contributed by atoms with E-state index < -0.39 is 6.10 Å². The SMILES string of the molecule is O=C(N[C@H]1CNC[C@@H]1O)N1CC2CNCC2C1. The van der Waals surface area contributed by atoms with Crippen LogP contribution in [0.5, 0.6) is 0 Å². The van der Waals surface area contributed by atoms with Crippen molar-refractivity contribution in [2.75, 3.05) is 39.3 Å². The molecule has 0 aromatic carbocycles. The molecule has 0 aromatic rings. The van der Waals surface area contributed by atoms with Gasteiger partial charge in [0.25, 0.3) is 0 Å². The number of aliphatic hydroxyl groups excluding tert-OH is 1. The second-order valence-corrected chi connectivity index (χ2v) is 5.36. The van der Waals surface area contributed by atoms with Gasteiger partial charge in [-0.1, -0.05) is 0 Å². The van der Waals surface area contributed by atoms with E-state index in [2.05, 4.69) is 16.0 Å². The molecule has 4 atom stereocenters. The molecule has 96 valence electrons. The minimum absolute atomic E-state index is 0.0212. The molecule has 3 heterocycles. The molecule has 0 aromatic heterocycles. The van der Waals surface area contributed by atoms with E-state index >= 15 is 0 Å². The minimum atomic E-state index is -0.456. The molecule has 3 fully saturated rings. The average molecular weight is 240 g/mol. The zero-order valence-electron chi connectivity index (χ0n) is 9.85. The lowest BCUT2D eigenvalue weighted by molar-refractivity contribution is 0.153. The van der Waals surface area contributed by atoms with Gasteiger partial charge in [-0.3, -0.25) is 0 Å². The first-order chi connectivity index (χ1) is 8.24. The lowest BCUT2D eigenvalue weighted by atomic mass is 10.0. The molecule has 2 unspecified atom stereocenters. The summed E-state index contributed by atoms with van der Waals surface area (Å²) >= 11 is 0. The highest BCUT2D eigenvalue weighted by molar-refractivity contribution is 5.75. The van der Waals surface area contributed by atoms with Gasteiger partial charge in [-0.05, 0) is 11.8 Å². The number of hydrogen-bond acceptors (Lipinski definition) is 4. The second kappa shape index (κ2) is 4.44. The minimum Gasteiger partial charge on any atom is -0.390 e. The number of carbonyl (C=O) groups is 1. The number of amides is 2. The van der Waals surface area contributed by atoms with Crippen LogP contribution < -0.4 is 16.0 Å². The summed E-state index contributed by atoms with van der Waals surface area (Å²) < 4.78 is 0. The summed E-state index contributed by atoms with van der Waals surface area (Å²) in [5, 5.41) is 19.0. The Morgan fingerprint density at radius 3 is 2.35 bits per heavy atom. The normalized spacial score (nSPS) is 40.6. The molecule has 0 spiro atoms. The van der Waals surface area contributed by atoms with E-state index in [4.69, 9.17) is 0 Å². The molecule has 2 amide bonds. The predicted octanol–water partition coefficient (Wildman–Crippen LogP) is -1.82. The Balaban J connectivity index is 1.53. The molecule has 0 radical (unpaired) electrons. The van der Waals surface area contributed by atoms with Crippen molar-refractivity contribution < 1.29 is 9.90 Å². The Morgan fingerprint density at radius 1 is 1.12 bits per heavy atom. The Labute approximate surface area is 101 Å². The zero-order valence-corrected chi connectivity index (χ0v) is 9.85. The average Bonchev–Trinajstić information content (AvgIpc) is 2.93. The summed E-state index contributed by atoms with van der Waals surface area (Å²) in [4.78, 5) is 13.9. The highest BCUT2D eigenvalue weighted by Crippen LogP contribution is 2.26. The number of hydrogen-bond donors (Lipinski definition) is 4. The molecule has 6 heteroatoms. The summed E-state index contributed by atoms with van der Waals surface area (Å²) in [7, 11) is 0. The maximum absolute atomic E-state index is 12.0. The summed E-state index contributed by atoms with van der Waals surface area (Å²) in [5.41, 5.74) is 0. The number of urea groups is 1. The van der Waals surface area contributed by atoms with Gasteiger partial charge in [0.1, 0.15) is 0 Å². The molecule has 6 nitrogen and oxygen atoms in total. The molecule has 3 saturated heterocycles. The van der Waals surface area contributed by atoms with Crippen LogP contribution in [0.25, 0.3) is 0 Å². The van der Waals surface area contributed by atoms with Crippen LogP contribution in [0.3, 0.4) is 0 Å². The van der Waals surface area contributed by atoms with Crippen LogP contribution in [0.1, 0.15) is 0 Å². The van der Waals surface area contributed by atoms with Crippen LogP contribution >= 0.6 is 0 Å². The van der Waals surface area contributed by atoms with E-state index in [9.17, 15) is 9.90 Å². The second-order valence-electron chi connectivity index (χ2n) is 5.36. The van der Waals surface area contributed by atoms with Crippen LogP contribution in [0, 0.1) is 11.8 Å². The topological polar surface area (TPSA) is 76.6 Å². The molecule has 0 bridgehead atoms. The van der Waals surface area contributed by atoms with Gasteiger partial charge in [0.05, 0.1) is 12.1 Å². The monoisotopic (exact) mass is 240 g/mol. The maximum Gasteiger partial charge on any atom is 0.317 e. The van der Waals surface area contributed by atoms with Gasteiger partial charge < -0.3 is 26.0 Å². The Bertz CT molecular complexity index is 300. The van der Waals surface area contributed by atoms with Crippen molar-refractivity contribution in [2.45, 2.75) is 12.1 Å². The number of nitrogens with zero attached hydrogens (tertiary/aromatic N) is 1. The van der Waals surface area contributed by atoms with Crippen LogP contribution in [0.2, 0.25) is 0 Å². The summed E-state index contributed by atoms with van der Waals surface area (Å²) in [6, 6.07) is -0.159. The molecule has 17 heavy (non-hydrogen) atoms. The van der Waals surface area contributed by atoms with Crippen molar-refractivity contribution in [1.29, 1.82) is 0 Å². The number of fused-ring (bicyclic) bond motifs is 1. The summed E-state index contributed by atoms with van der Waals surface area (Å²) in [6.07, 6.45) is -0.456. The number of rotatable bonds is 1. The molecular formula is C11H20N4O2. The fraction of sp³-hybridized carbons (Fsp3) is 0.909. The number of aliphatic hydroxyl groups is 1. The third-order valence-electron chi connectivity index (χ3n) is 4.17. The highest BCUT2D eigenvalue weighted by Gasteiger charge is 2.39. The molecule has 0 saturated carbocycles. The third kappa shape index (κ3) is 2.12. The Kier molecular flexibility index (Phi) is 2.94. The van der Waals surface area contributed by atoms with Gasteiger partial charge in [-0.15, -0.1) is 0 Å². The van der Waals surface area contributed by atoms with Crippen molar-refractivity contribution in [3.05, 3.63) is 0 Å². The molecule has 0 aliphatic carbocycles. The Morgan fingerprint density at radius 2 is 1.76 bits per heavy atom. The van der Waals surface area contributed by atoms with Crippen LogP contribution in [-0.4, -0.2) is 67.5 Å². The maximum atomic E-state index is 12.0. The fourth-order valence-corrected chi connectivity index (χ4v) is 3.08. The van der Waals surface area contributed by atoms with E-state index in [0.717, 1.165) is 26.2 Å². The van der Waals surface area contributed by atoms with Crippen LogP contribution in [0.4, 0.5) is 4.79 Å². The van der Waals surface area contributed by atoms with Crippen molar-refractivity contribution in [3.8, 4) is 0 Å². The van der Waals surface area contributed by atoms with Crippen molar-refractivity contribution in [3.63, 3.8) is 0 Å². The number of carbonyl (C=O) groups excluding carboxylic acids is 1. The largest absolute Gasteiger partial charge is 0.390 e. The van der Waals surface area contributed by atoms with Crippen LogP contribution in [0.15, 0.2) is 0 Å². The van der Waals surface area contributed by atoms with E-state index in [1.807, 2.05) is 4.90 Å². The van der Waals surface area contributed by atoms with Crippen molar-refractivity contribution in [2.24, 2.45) is 11.8 Å². The van der Waals surface area contributed by atoms with E-state index in [0.29, 0.717) is 24.9 Å². The number of nitrogens with one attached hydrogen (secondary N) is 3. The fourth-order valence-electron chi connectivity index (χ4n) is 3.08. The summed E-state index contributed by atoms with van der Waals surface area (Å²) in [6.45, 7) is 4.98. The zero-order chi connectivity index (χ0) is 11.8. The number of β-amino-alcohol motifs (C(OH)–C–C–N with tert-alkyl or cyclic N) is 1. The van der Waals surface area contributed by atoms with Gasteiger partial charge in [-0.2, -0.15) is 0 Å². The van der Waals surface area contributed by atoms with Crippen molar-refractivity contribution >= 4 is 6.03 Å². The van der Waals surface area contributed by atoms with Gasteiger partial charge >= 0.3 is 6.03 Å². The Hall–Kier alpha value is -0.850. The molecule has 3 rings (SSSR count). The summed E-state index contributed by atoms with van der Waals surface area (Å²) in [5.74, 6) is 1.24. The van der Waals surface area contributed by atoms with Gasteiger partial charge in [0, 0.05) is 39.3 Å². The van der Waals surface area contributed by atoms with E-state index in [1.165, 1.54) is 0 Å². The number of likely N-dealkylation sites (tertiary alicyclic amines) is 1. The molecular weight excluding hydrogens is 220 g/mol. The van der Waals surface area contributed by atoms with Gasteiger partial charge in [-0.25, -0.2) is 4.79 Å². The molecule has 3 aliphatic rings. The lowest BCUT2D eigenvalue weighted by Crippen LogP contribution is -2.49. The third-order valence-corrected chi connectivity index (χ3v) is 4.17. The van der Waals surface area contributed by atoms with E-state index in [-0.39, 0.29) is 12.1 Å². The predicted molar refractivity (Wildman–Crippen MR) is 62.6 cm³/mol. The van der Waals surface area contributed by atoms with Crippen molar-refractivity contribution in [1.82, 2.24) is 20.9 Å². The first kappa shape index (κ1) is 11.3. The quantitative estimate of drug-likeness (QED) is 0.435. The lowest BCUT2D eigenvalue weighted by Gasteiger charge is -2.22. The van der Waals surface area contributed by atoms with Crippen LogP contribution in [-0.2, 0) is 0 Å². The van der Waals surface area contributed by atoms with E-state index in [1.54, 1.807) is 0 Å². The van der Waals surface area contributed by atoms with Gasteiger partial charge in [0.15, 0.2) is 0 Å². The standard InChI is InChI=1S/C11H20N4O2/c16-10-4-13-3-9(10)14-11(17)15-5-7-1-12-2-8(7)6-15/h7-10,12-13,16H,1-6H2,(H,14,17)/t7?,8?,9-,10-/m0/s1. The van der Waals surface area contributed by atoms with Gasteiger partial charge in [0.2, 0.25) is 0 Å².